The van der Waals surface area contributed by atoms with Crippen molar-refractivity contribution in [2.75, 3.05) is 29.9 Å². The monoisotopic (exact) mass is 297 g/mol. The summed E-state index contributed by atoms with van der Waals surface area (Å²) < 4.78 is 0. The van der Waals surface area contributed by atoms with Crippen molar-refractivity contribution in [3.63, 3.8) is 0 Å². The van der Waals surface area contributed by atoms with Gasteiger partial charge in [-0.1, -0.05) is 27.2 Å². The summed E-state index contributed by atoms with van der Waals surface area (Å²) in [6, 6.07) is 0. The fourth-order valence-electron chi connectivity index (χ4n) is 2.40. The van der Waals surface area contributed by atoms with Crippen LogP contribution in [0.2, 0.25) is 5.28 Å². The van der Waals surface area contributed by atoms with Gasteiger partial charge in [-0.05, 0) is 36.3 Å². The van der Waals surface area contributed by atoms with Gasteiger partial charge in [-0.3, -0.25) is 0 Å². The number of anilines is 2. The summed E-state index contributed by atoms with van der Waals surface area (Å²) in [5.41, 5.74) is 0.455. The molecule has 112 valence electrons. The van der Waals surface area contributed by atoms with Crippen molar-refractivity contribution in [2.24, 2.45) is 5.41 Å². The van der Waals surface area contributed by atoms with Gasteiger partial charge in [0.15, 0.2) is 0 Å². The number of hydrogen-bond donors (Lipinski definition) is 1. The average Bonchev–Trinajstić information content (AvgIpc) is 2.45. The Bertz CT molecular complexity index is 443. The molecule has 1 aliphatic heterocycles. The molecule has 2 rings (SSSR count). The lowest BCUT2D eigenvalue weighted by molar-refractivity contribution is 0.237. The number of aromatic nitrogens is 3. The standard InChI is InChI=1S/C14H24ClN5/c1-4-8-16-12-17-11(15)18-13(19-12)20-9-6-14(3,5-2)7-10-20/h4-10H2,1-3H3,(H,16,17,18,19). The third kappa shape index (κ3) is 3.72. The zero-order valence-electron chi connectivity index (χ0n) is 12.6. The average molecular weight is 298 g/mol. The first-order chi connectivity index (χ1) is 9.56. The largest absolute Gasteiger partial charge is 0.354 e. The lowest BCUT2D eigenvalue weighted by atomic mass is 9.78. The number of nitrogens with zero attached hydrogens (tertiary/aromatic N) is 4. The Morgan fingerprint density at radius 2 is 1.90 bits per heavy atom. The molecule has 1 fully saturated rings. The molecule has 0 saturated carbocycles. The van der Waals surface area contributed by atoms with Gasteiger partial charge < -0.3 is 10.2 Å². The zero-order chi connectivity index (χ0) is 14.6. The van der Waals surface area contributed by atoms with Gasteiger partial charge in [-0.25, -0.2) is 0 Å². The second kappa shape index (κ2) is 6.57. The zero-order valence-corrected chi connectivity index (χ0v) is 13.4. The van der Waals surface area contributed by atoms with E-state index in [1.165, 1.54) is 19.3 Å². The van der Waals surface area contributed by atoms with Gasteiger partial charge in [0.05, 0.1) is 0 Å². The number of nitrogens with one attached hydrogen (secondary N) is 1. The van der Waals surface area contributed by atoms with E-state index in [-0.39, 0.29) is 5.28 Å². The van der Waals surface area contributed by atoms with Crippen LogP contribution >= 0.6 is 11.6 Å². The van der Waals surface area contributed by atoms with Crippen LogP contribution in [0.4, 0.5) is 11.9 Å². The third-order valence-corrected chi connectivity index (χ3v) is 4.41. The molecule has 0 aromatic carbocycles. The van der Waals surface area contributed by atoms with E-state index in [2.05, 4.69) is 45.9 Å². The highest BCUT2D eigenvalue weighted by atomic mass is 35.5. The van der Waals surface area contributed by atoms with E-state index in [9.17, 15) is 0 Å². The van der Waals surface area contributed by atoms with Crippen LogP contribution in [-0.4, -0.2) is 34.6 Å². The summed E-state index contributed by atoms with van der Waals surface area (Å²) in [4.78, 5) is 15.1. The molecule has 6 heteroatoms. The molecule has 0 bridgehead atoms. The van der Waals surface area contributed by atoms with Crippen molar-refractivity contribution in [1.82, 2.24) is 15.0 Å². The summed E-state index contributed by atoms with van der Waals surface area (Å²) in [6.45, 7) is 9.54. The summed E-state index contributed by atoms with van der Waals surface area (Å²) in [5, 5.41) is 3.43. The van der Waals surface area contributed by atoms with Crippen LogP contribution in [0, 0.1) is 5.41 Å². The lowest BCUT2D eigenvalue weighted by Gasteiger charge is -2.38. The van der Waals surface area contributed by atoms with Crippen LogP contribution in [0.3, 0.4) is 0 Å². The van der Waals surface area contributed by atoms with Crippen molar-refractivity contribution in [2.45, 2.75) is 46.5 Å². The molecule has 1 aromatic heterocycles. The van der Waals surface area contributed by atoms with E-state index in [4.69, 9.17) is 11.6 Å². The Hall–Kier alpha value is -1.10. The van der Waals surface area contributed by atoms with Crippen LogP contribution in [0.1, 0.15) is 46.5 Å². The Morgan fingerprint density at radius 3 is 2.50 bits per heavy atom. The highest BCUT2D eigenvalue weighted by Gasteiger charge is 2.29. The Labute approximate surface area is 126 Å². The fraction of sp³-hybridized carbons (Fsp3) is 0.786. The van der Waals surface area contributed by atoms with Gasteiger partial charge in [-0.2, -0.15) is 15.0 Å². The molecule has 20 heavy (non-hydrogen) atoms. The molecule has 2 heterocycles. The van der Waals surface area contributed by atoms with Crippen molar-refractivity contribution < 1.29 is 0 Å². The molecule has 1 aliphatic rings. The van der Waals surface area contributed by atoms with Crippen molar-refractivity contribution in [1.29, 1.82) is 0 Å². The lowest BCUT2D eigenvalue weighted by Crippen LogP contribution is -2.39. The van der Waals surface area contributed by atoms with Crippen molar-refractivity contribution in [3.8, 4) is 0 Å². The highest BCUT2D eigenvalue weighted by molar-refractivity contribution is 6.28. The molecule has 1 aromatic rings. The van der Waals surface area contributed by atoms with E-state index in [1.54, 1.807) is 0 Å². The normalized spacial score (nSPS) is 18.1. The maximum Gasteiger partial charge on any atom is 0.231 e. The van der Waals surface area contributed by atoms with Crippen LogP contribution in [0.5, 0.6) is 0 Å². The second-order valence-electron chi connectivity index (χ2n) is 5.81. The molecule has 0 atom stereocenters. The van der Waals surface area contributed by atoms with Gasteiger partial charge in [0, 0.05) is 19.6 Å². The first kappa shape index (κ1) is 15.3. The molecule has 1 N–H and O–H groups in total. The van der Waals surface area contributed by atoms with Crippen LogP contribution < -0.4 is 10.2 Å². The third-order valence-electron chi connectivity index (χ3n) is 4.24. The first-order valence-corrected chi connectivity index (χ1v) is 7.84. The van der Waals surface area contributed by atoms with Gasteiger partial charge in [0.1, 0.15) is 0 Å². The molecule has 5 nitrogen and oxygen atoms in total. The highest BCUT2D eigenvalue weighted by Crippen LogP contribution is 2.35. The first-order valence-electron chi connectivity index (χ1n) is 7.47. The van der Waals surface area contributed by atoms with Gasteiger partial charge >= 0.3 is 0 Å². The number of halogens is 1. The van der Waals surface area contributed by atoms with Crippen LogP contribution in [-0.2, 0) is 0 Å². The molecular weight excluding hydrogens is 274 g/mol. The Kier molecular flexibility index (Phi) is 5.02. The van der Waals surface area contributed by atoms with Gasteiger partial charge in [0.2, 0.25) is 17.2 Å². The molecule has 0 spiro atoms. The number of piperidine rings is 1. The van der Waals surface area contributed by atoms with Crippen LogP contribution in [0.25, 0.3) is 0 Å². The van der Waals surface area contributed by atoms with E-state index >= 15 is 0 Å². The summed E-state index contributed by atoms with van der Waals surface area (Å²) in [7, 11) is 0. The fourth-order valence-corrected chi connectivity index (χ4v) is 2.55. The summed E-state index contributed by atoms with van der Waals surface area (Å²) in [5.74, 6) is 1.27. The van der Waals surface area contributed by atoms with Crippen molar-refractivity contribution in [3.05, 3.63) is 5.28 Å². The predicted octanol–water partition coefficient (Wildman–Crippen LogP) is 3.36. The minimum atomic E-state index is 0.262. The number of rotatable bonds is 5. The quantitative estimate of drug-likeness (QED) is 0.903. The maximum atomic E-state index is 6.00. The molecule has 1 saturated heterocycles. The topological polar surface area (TPSA) is 53.9 Å². The van der Waals surface area contributed by atoms with Gasteiger partial charge in [0.25, 0.3) is 0 Å². The van der Waals surface area contributed by atoms with E-state index in [1.807, 2.05) is 0 Å². The van der Waals surface area contributed by atoms with Crippen LogP contribution in [0.15, 0.2) is 0 Å². The van der Waals surface area contributed by atoms with E-state index < -0.39 is 0 Å². The molecule has 0 amide bonds. The van der Waals surface area contributed by atoms with E-state index in [0.29, 0.717) is 17.3 Å². The van der Waals surface area contributed by atoms with E-state index in [0.717, 1.165) is 26.1 Å². The molecular formula is C14H24ClN5. The minimum Gasteiger partial charge on any atom is -0.354 e. The maximum absolute atomic E-state index is 6.00. The smallest absolute Gasteiger partial charge is 0.231 e. The molecule has 0 unspecified atom stereocenters. The Morgan fingerprint density at radius 1 is 1.20 bits per heavy atom. The molecule has 0 aliphatic carbocycles. The van der Waals surface area contributed by atoms with Gasteiger partial charge in [-0.15, -0.1) is 0 Å². The summed E-state index contributed by atoms with van der Waals surface area (Å²) in [6.07, 6.45) is 4.59. The minimum absolute atomic E-state index is 0.262. The SMILES string of the molecule is CCCNc1nc(Cl)nc(N2CCC(C)(CC)CC2)n1. The predicted molar refractivity (Wildman–Crippen MR) is 83.5 cm³/mol. The summed E-state index contributed by atoms with van der Waals surface area (Å²) >= 11 is 6.00. The second-order valence-corrected chi connectivity index (χ2v) is 6.14. The molecule has 0 radical (unpaired) electrons. The number of hydrogen-bond acceptors (Lipinski definition) is 5. The van der Waals surface area contributed by atoms with Crippen molar-refractivity contribution >= 4 is 23.5 Å². The Balaban J connectivity index is 2.07.